The first-order valence-electron chi connectivity index (χ1n) is 5.90. The SMILES string of the molecule is C#CCNC(=O)Cc1c(C)[nH]c2ccc(C)cc12. The van der Waals surface area contributed by atoms with Crippen LogP contribution in [0, 0.1) is 26.2 Å². The monoisotopic (exact) mass is 240 g/mol. The highest BCUT2D eigenvalue weighted by molar-refractivity contribution is 5.90. The number of H-pyrrole nitrogens is 1. The first-order chi connectivity index (χ1) is 8.61. The number of amides is 1. The number of aromatic amines is 1. The molecule has 0 spiro atoms. The number of carbonyl (C=O) groups is 1. The third-order valence-electron chi connectivity index (χ3n) is 3.00. The fraction of sp³-hybridized carbons (Fsp3) is 0.267. The summed E-state index contributed by atoms with van der Waals surface area (Å²) in [6.45, 7) is 4.31. The molecule has 0 aliphatic rings. The maximum absolute atomic E-state index is 11.7. The van der Waals surface area contributed by atoms with Gasteiger partial charge in [0.15, 0.2) is 0 Å². The summed E-state index contributed by atoms with van der Waals surface area (Å²) in [6, 6.07) is 6.20. The van der Waals surface area contributed by atoms with Crippen LogP contribution < -0.4 is 5.32 Å². The molecule has 0 saturated carbocycles. The third kappa shape index (κ3) is 2.38. The minimum atomic E-state index is -0.0431. The highest BCUT2D eigenvalue weighted by Gasteiger charge is 2.12. The van der Waals surface area contributed by atoms with Crippen molar-refractivity contribution in [1.29, 1.82) is 0 Å². The van der Waals surface area contributed by atoms with E-state index >= 15 is 0 Å². The normalized spacial score (nSPS) is 10.3. The molecule has 0 saturated heterocycles. The van der Waals surface area contributed by atoms with Gasteiger partial charge >= 0.3 is 0 Å². The van der Waals surface area contributed by atoms with Gasteiger partial charge in [0.05, 0.1) is 13.0 Å². The van der Waals surface area contributed by atoms with Crippen LogP contribution in [0.3, 0.4) is 0 Å². The van der Waals surface area contributed by atoms with Gasteiger partial charge in [-0.15, -0.1) is 6.42 Å². The van der Waals surface area contributed by atoms with Crippen LogP contribution in [0.1, 0.15) is 16.8 Å². The summed E-state index contributed by atoms with van der Waals surface area (Å²) in [5.41, 5.74) is 4.33. The van der Waals surface area contributed by atoms with Gasteiger partial charge < -0.3 is 10.3 Å². The number of benzene rings is 1. The summed E-state index contributed by atoms with van der Waals surface area (Å²) < 4.78 is 0. The van der Waals surface area contributed by atoms with Crippen LogP contribution in [-0.4, -0.2) is 17.4 Å². The first-order valence-corrected chi connectivity index (χ1v) is 5.90. The second-order valence-electron chi connectivity index (χ2n) is 4.44. The molecule has 1 aromatic carbocycles. The molecule has 92 valence electrons. The molecule has 1 aromatic heterocycles. The van der Waals surface area contributed by atoms with Gasteiger partial charge in [-0.1, -0.05) is 17.6 Å². The summed E-state index contributed by atoms with van der Waals surface area (Å²) in [5, 5.41) is 3.80. The van der Waals surface area contributed by atoms with Crippen molar-refractivity contribution in [2.45, 2.75) is 20.3 Å². The number of rotatable bonds is 3. The van der Waals surface area contributed by atoms with E-state index in [0.29, 0.717) is 6.42 Å². The van der Waals surface area contributed by atoms with E-state index in [2.05, 4.69) is 28.4 Å². The van der Waals surface area contributed by atoms with Crippen LogP contribution in [0.4, 0.5) is 0 Å². The molecule has 0 fully saturated rings. The summed E-state index contributed by atoms with van der Waals surface area (Å²) in [7, 11) is 0. The minimum Gasteiger partial charge on any atom is -0.358 e. The molecule has 2 aromatic rings. The Kier molecular flexibility index (Phi) is 3.38. The molecule has 2 N–H and O–H groups in total. The fourth-order valence-corrected chi connectivity index (χ4v) is 2.10. The lowest BCUT2D eigenvalue weighted by molar-refractivity contribution is -0.120. The Morgan fingerprint density at radius 3 is 2.94 bits per heavy atom. The van der Waals surface area contributed by atoms with Gasteiger partial charge in [-0.2, -0.15) is 0 Å². The van der Waals surface area contributed by atoms with Gasteiger partial charge in [0, 0.05) is 16.6 Å². The lowest BCUT2D eigenvalue weighted by atomic mass is 10.1. The molecule has 0 unspecified atom stereocenters. The molecular weight excluding hydrogens is 224 g/mol. The van der Waals surface area contributed by atoms with Crippen molar-refractivity contribution in [3.05, 3.63) is 35.0 Å². The Bertz CT molecular complexity index is 632. The molecular formula is C15H16N2O. The molecule has 1 heterocycles. The number of hydrogen-bond acceptors (Lipinski definition) is 1. The Balaban J connectivity index is 2.32. The topological polar surface area (TPSA) is 44.9 Å². The average Bonchev–Trinajstić information content (AvgIpc) is 2.63. The Morgan fingerprint density at radius 2 is 2.22 bits per heavy atom. The third-order valence-corrected chi connectivity index (χ3v) is 3.00. The van der Waals surface area contributed by atoms with Crippen molar-refractivity contribution in [3.63, 3.8) is 0 Å². The van der Waals surface area contributed by atoms with E-state index in [-0.39, 0.29) is 12.5 Å². The van der Waals surface area contributed by atoms with Crippen LogP contribution in [0.15, 0.2) is 18.2 Å². The van der Waals surface area contributed by atoms with E-state index in [4.69, 9.17) is 6.42 Å². The largest absolute Gasteiger partial charge is 0.358 e. The second kappa shape index (κ2) is 4.97. The minimum absolute atomic E-state index is 0.0431. The van der Waals surface area contributed by atoms with Gasteiger partial charge in [0.1, 0.15) is 0 Å². The van der Waals surface area contributed by atoms with Gasteiger partial charge in [-0.25, -0.2) is 0 Å². The predicted octanol–water partition coefficient (Wildman–Crippen LogP) is 2.08. The lowest BCUT2D eigenvalue weighted by Gasteiger charge is -2.02. The van der Waals surface area contributed by atoms with Gasteiger partial charge in [0.25, 0.3) is 0 Å². The number of nitrogens with one attached hydrogen (secondary N) is 2. The number of carbonyl (C=O) groups excluding carboxylic acids is 1. The molecule has 1 amide bonds. The zero-order valence-electron chi connectivity index (χ0n) is 10.6. The lowest BCUT2D eigenvalue weighted by Crippen LogP contribution is -2.25. The molecule has 0 radical (unpaired) electrons. The van der Waals surface area contributed by atoms with Crippen molar-refractivity contribution >= 4 is 16.8 Å². The number of aromatic nitrogens is 1. The number of fused-ring (bicyclic) bond motifs is 1. The van der Waals surface area contributed by atoms with Gasteiger partial charge in [-0.3, -0.25) is 4.79 Å². The summed E-state index contributed by atoms with van der Waals surface area (Å²) >= 11 is 0. The Hall–Kier alpha value is -2.21. The maximum atomic E-state index is 11.7. The van der Waals surface area contributed by atoms with Crippen molar-refractivity contribution in [1.82, 2.24) is 10.3 Å². The second-order valence-corrected chi connectivity index (χ2v) is 4.44. The number of hydrogen-bond donors (Lipinski definition) is 2. The molecule has 2 rings (SSSR count). The molecule has 18 heavy (non-hydrogen) atoms. The standard InChI is InChI=1S/C15H16N2O/c1-4-7-16-15(18)9-12-11(3)17-14-6-5-10(2)8-13(12)14/h1,5-6,8,17H,7,9H2,2-3H3,(H,16,18). The van der Waals surface area contributed by atoms with E-state index in [1.807, 2.05) is 19.9 Å². The molecule has 0 aliphatic carbocycles. The van der Waals surface area contributed by atoms with Gasteiger partial charge in [0.2, 0.25) is 5.91 Å². The average molecular weight is 240 g/mol. The van der Waals surface area contributed by atoms with Crippen LogP contribution in [0.5, 0.6) is 0 Å². The van der Waals surface area contributed by atoms with Crippen LogP contribution in [-0.2, 0) is 11.2 Å². The number of terminal acetylenes is 1. The van der Waals surface area contributed by atoms with E-state index in [9.17, 15) is 4.79 Å². The zero-order valence-corrected chi connectivity index (χ0v) is 10.6. The van der Waals surface area contributed by atoms with E-state index < -0.39 is 0 Å². The van der Waals surface area contributed by atoms with E-state index in [1.165, 1.54) is 5.56 Å². The van der Waals surface area contributed by atoms with E-state index in [1.54, 1.807) is 0 Å². The maximum Gasteiger partial charge on any atom is 0.225 e. The molecule has 3 nitrogen and oxygen atoms in total. The molecule has 0 atom stereocenters. The van der Waals surface area contributed by atoms with Crippen LogP contribution in [0.2, 0.25) is 0 Å². The highest BCUT2D eigenvalue weighted by Crippen LogP contribution is 2.23. The number of aryl methyl sites for hydroxylation is 2. The Morgan fingerprint density at radius 1 is 1.44 bits per heavy atom. The molecule has 3 heteroatoms. The van der Waals surface area contributed by atoms with Crippen molar-refractivity contribution < 1.29 is 4.79 Å². The predicted molar refractivity (Wildman–Crippen MR) is 73.3 cm³/mol. The summed E-state index contributed by atoms with van der Waals surface area (Å²) in [4.78, 5) is 15.0. The first kappa shape index (κ1) is 12.3. The summed E-state index contributed by atoms with van der Waals surface area (Å²) in [6.07, 6.45) is 5.48. The smallest absolute Gasteiger partial charge is 0.225 e. The van der Waals surface area contributed by atoms with Crippen LogP contribution in [0.25, 0.3) is 10.9 Å². The van der Waals surface area contributed by atoms with Crippen molar-refractivity contribution in [3.8, 4) is 12.3 Å². The highest BCUT2D eigenvalue weighted by atomic mass is 16.1. The molecule has 0 bridgehead atoms. The van der Waals surface area contributed by atoms with Crippen molar-refractivity contribution in [2.75, 3.05) is 6.54 Å². The van der Waals surface area contributed by atoms with Crippen LogP contribution >= 0.6 is 0 Å². The Labute approximate surface area is 107 Å². The van der Waals surface area contributed by atoms with Gasteiger partial charge in [-0.05, 0) is 31.5 Å². The quantitative estimate of drug-likeness (QED) is 0.793. The summed E-state index contributed by atoms with van der Waals surface area (Å²) in [5.74, 6) is 2.36. The fourth-order valence-electron chi connectivity index (χ4n) is 2.10. The van der Waals surface area contributed by atoms with Crippen molar-refractivity contribution in [2.24, 2.45) is 0 Å². The molecule has 0 aliphatic heterocycles. The van der Waals surface area contributed by atoms with E-state index in [0.717, 1.165) is 22.2 Å². The zero-order chi connectivity index (χ0) is 13.1.